The van der Waals surface area contributed by atoms with E-state index in [4.69, 9.17) is 0 Å². The first kappa shape index (κ1) is 32.0. The molecule has 0 aliphatic carbocycles. The predicted molar refractivity (Wildman–Crippen MR) is 5.75 cm³/mol. The minimum absolute atomic E-state index is 0. The summed E-state index contributed by atoms with van der Waals surface area (Å²) in [6, 6.07) is 0. The zero-order valence-corrected chi connectivity index (χ0v) is 8.54. The minimum atomic E-state index is 0. The van der Waals surface area contributed by atoms with Gasteiger partial charge in [0.25, 0.3) is 0 Å². The zero-order chi connectivity index (χ0) is 0. The van der Waals surface area contributed by atoms with Gasteiger partial charge in [-0.05, 0) is 0 Å². The zero-order valence-electron chi connectivity index (χ0n) is 1.76. The standard InChI is InChI=1S/Co.Fe.La.Si. The molecule has 0 saturated carbocycles. The van der Waals surface area contributed by atoms with Crippen molar-refractivity contribution in [2.45, 2.75) is 0 Å². The van der Waals surface area contributed by atoms with Crippen LogP contribution in [0.1, 0.15) is 0 Å². The van der Waals surface area contributed by atoms with E-state index in [1.807, 2.05) is 0 Å². The maximum Gasteiger partial charge on any atom is 0 e. The summed E-state index contributed by atoms with van der Waals surface area (Å²) in [7, 11) is 0. The molecule has 0 aromatic carbocycles. The van der Waals surface area contributed by atoms with Crippen molar-refractivity contribution in [1.82, 2.24) is 0 Å². The molecule has 0 aliphatic rings. The third kappa shape index (κ3) is 8.83. The van der Waals surface area contributed by atoms with Crippen molar-refractivity contribution in [2.75, 3.05) is 0 Å². The Labute approximate surface area is 79.2 Å². The largest absolute Gasteiger partial charge is 0 e. The molecule has 0 N–H and O–H groups in total. The Kier molecular flexibility index (Phi) is 144. The summed E-state index contributed by atoms with van der Waals surface area (Å²) in [6.07, 6.45) is 0. The Morgan fingerprint density at radius 1 is 1.00 bits per heavy atom. The van der Waals surface area contributed by atoms with Gasteiger partial charge in [0.15, 0.2) is 0 Å². The molecule has 24 valence electrons. The maximum absolute atomic E-state index is 0. The molecule has 4 heavy (non-hydrogen) atoms. The van der Waals surface area contributed by atoms with Gasteiger partial charge in [-0.3, -0.25) is 0 Å². The van der Waals surface area contributed by atoms with Gasteiger partial charge >= 0.3 is 0 Å². The van der Waals surface area contributed by atoms with Crippen LogP contribution < -0.4 is 0 Å². The van der Waals surface area contributed by atoms with Gasteiger partial charge < -0.3 is 0 Å². The van der Waals surface area contributed by atoms with E-state index in [0.717, 1.165) is 0 Å². The Balaban J connectivity index is 0. The van der Waals surface area contributed by atoms with E-state index in [1.165, 1.54) is 0 Å². The summed E-state index contributed by atoms with van der Waals surface area (Å²) >= 11 is 0. The molecule has 0 atom stereocenters. The van der Waals surface area contributed by atoms with Gasteiger partial charge in [0.1, 0.15) is 0 Å². The third-order valence-corrected chi connectivity index (χ3v) is 0. The molecule has 0 bridgehead atoms. The molecule has 0 nitrogen and oxygen atoms in total. The second-order valence-electron chi connectivity index (χ2n) is 0. The fourth-order valence-corrected chi connectivity index (χ4v) is 0. The Bertz CT molecular complexity index is 8.00. The molecular weight excluding hydrogens is 282 g/mol. The fraction of sp³-hybridized carbons (Fsp3) is 0. The number of rotatable bonds is 0. The smallest absolute Gasteiger partial charge is 0 e. The van der Waals surface area contributed by atoms with Gasteiger partial charge in [-0.15, -0.1) is 0 Å². The quantitative estimate of drug-likeness (QED) is 0.531. The minimum Gasteiger partial charge on any atom is 0 e. The van der Waals surface area contributed by atoms with Crippen LogP contribution in [0.15, 0.2) is 0 Å². The van der Waals surface area contributed by atoms with Crippen LogP contribution in [0.5, 0.6) is 0 Å². The van der Waals surface area contributed by atoms with Crippen LogP contribution in [-0.4, -0.2) is 11.0 Å². The predicted octanol–water partition coefficient (Wildman–Crippen LogP) is -0.386. The average Bonchev–Trinajstić information content (AvgIpc) is 0. The first-order valence-corrected chi connectivity index (χ1v) is 0. The summed E-state index contributed by atoms with van der Waals surface area (Å²) < 4.78 is 0. The Hall–Kier alpha value is 2.44. The molecule has 0 heterocycles. The molecule has 0 aliphatic heterocycles. The molecule has 4 heteroatoms. The summed E-state index contributed by atoms with van der Waals surface area (Å²) in [6.45, 7) is 0. The molecule has 0 aromatic rings. The van der Waals surface area contributed by atoms with Gasteiger partial charge in [-0.2, -0.15) is 0 Å². The van der Waals surface area contributed by atoms with Crippen molar-refractivity contribution in [2.24, 2.45) is 0 Å². The van der Waals surface area contributed by atoms with Crippen molar-refractivity contribution in [3.63, 3.8) is 0 Å². The van der Waals surface area contributed by atoms with Gasteiger partial charge in [0, 0.05) is 80.4 Å². The molecule has 6 radical (unpaired) electrons. The van der Waals surface area contributed by atoms with Gasteiger partial charge in [0.2, 0.25) is 0 Å². The molecule has 0 saturated heterocycles. The van der Waals surface area contributed by atoms with E-state index in [-0.39, 0.29) is 80.4 Å². The molecule has 0 aromatic heterocycles. The SMILES string of the molecule is [Co].[Fe].[La].[Si]. The van der Waals surface area contributed by atoms with E-state index >= 15 is 0 Å². The van der Waals surface area contributed by atoms with Crippen LogP contribution in [0, 0.1) is 35.6 Å². The number of hydrogen-bond acceptors (Lipinski definition) is 0. The first-order valence-electron chi connectivity index (χ1n) is 0. The monoisotopic (exact) mass is 282 g/mol. The molecule has 0 fully saturated rings. The van der Waals surface area contributed by atoms with Crippen LogP contribution in [0.25, 0.3) is 0 Å². The fourth-order valence-electron chi connectivity index (χ4n) is 0. The molecule has 0 unspecified atom stereocenters. The van der Waals surface area contributed by atoms with Gasteiger partial charge in [-0.1, -0.05) is 0 Å². The van der Waals surface area contributed by atoms with Crippen LogP contribution in [0.3, 0.4) is 0 Å². The van der Waals surface area contributed by atoms with Crippen LogP contribution in [-0.2, 0) is 33.8 Å². The second-order valence-corrected chi connectivity index (χ2v) is 0. The normalized spacial score (nSPS) is 0. The van der Waals surface area contributed by atoms with E-state index < -0.39 is 0 Å². The Morgan fingerprint density at radius 2 is 1.00 bits per heavy atom. The first-order chi connectivity index (χ1) is 0. The molecule has 0 rings (SSSR count). The third-order valence-electron chi connectivity index (χ3n) is 0. The summed E-state index contributed by atoms with van der Waals surface area (Å²) in [5.41, 5.74) is 0. The van der Waals surface area contributed by atoms with Crippen molar-refractivity contribution >= 4 is 11.0 Å². The van der Waals surface area contributed by atoms with E-state index in [1.54, 1.807) is 0 Å². The number of hydrogen-bond donors (Lipinski definition) is 0. The summed E-state index contributed by atoms with van der Waals surface area (Å²) in [5.74, 6) is 0. The van der Waals surface area contributed by atoms with E-state index in [9.17, 15) is 0 Å². The maximum atomic E-state index is 0. The van der Waals surface area contributed by atoms with Crippen molar-refractivity contribution in [3.05, 3.63) is 0 Å². The summed E-state index contributed by atoms with van der Waals surface area (Å²) in [5, 5.41) is 0. The average molecular weight is 282 g/mol. The van der Waals surface area contributed by atoms with Gasteiger partial charge in [0.05, 0.1) is 0 Å². The van der Waals surface area contributed by atoms with E-state index in [0.29, 0.717) is 0 Å². The second kappa shape index (κ2) is 18.0. The van der Waals surface area contributed by atoms with E-state index in [2.05, 4.69) is 0 Å². The van der Waals surface area contributed by atoms with Crippen molar-refractivity contribution < 1.29 is 69.4 Å². The van der Waals surface area contributed by atoms with Crippen LogP contribution >= 0.6 is 0 Å². The van der Waals surface area contributed by atoms with Crippen molar-refractivity contribution in [3.8, 4) is 0 Å². The summed E-state index contributed by atoms with van der Waals surface area (Å²) in [4.78, 5) is 0. The van der Waals surface area contributed by atoms with Crippen LogP contribution in [0.2, 0.25) is 0 Å². The topological polar surface area (TPSA) is 0 Å². The molecular formula is CoFeLaSi. The van der Waals surface area contributed by atoms with Gasteiger partial charge in [-0.25, -0.2) is 0 Å². The Morgan fingerprint density at radius 3 is 1.00 bits per heavy atom. The van der Waals surface area contributed by atoms with Crippen LogP contribution in [0.4, 0.5) is 0 Å². The van der Waals surface area contributed by atoms with Crippen molar-refractivity contribution in [1.29, 1.82) is 0 Å². The molecule has 0 spiro atoms. The molecule has 0 amide bonds.